The Morgan fingerprint density at radius 3 is 2.29 bits per heavy atom. The normalized spacial score (nSPS) is 14.7. The van der Waals surface area contributed by atoms with Gasteiger partial charge in [-0.15, -0.1) is 0 Å². The second-order valence-electron chi connectivity index (χ2n) is 9.25. The summed E-state index contributed by atoms with van der Waals surface area (Å²) in [5.74, 6) is -0.630. The molecule has 12 heteroatoms. The number of hydrogen-bond donors (Lipinski definition) is 2. The molecule has 3 aromatic carbocycles. The van der Waals surface area contributed by atoms with Crippen molar-refractivity contribution in [1.29, 1.82) is 0 Å². The summed E-state index contributed by atoms with van der Waals surface area (Å²) in [7, 11) is -3.67. The molecule has 2 amide bonds. The van der Waals surface area contributed by atoms with Crippen LogP contribution in [-0.2, 0) is 30.9 Å². The van der Waals surface area contributed by atoms with Crippen LogP contribution in [0.25, 0.3) is 0 Å². The third-order valence-electron chi connectivity index (χ3n) is 6.47. The first kappa shape index (κ1) is 30.5. The van der Waals surface area contributed by atoms with E-state index in [1.165, 1.54) is 33.5 Å². The number of aliphatic hydroxyl groups is 1. The molecular formula is C29H32ClN3O7S. The number of sulfonamides is 1. The van der Waals surface area contributed by atoms with E-state index in [1.807, 2.05) is 6.07 Å². The lowest BCUT2D eigenvalue weighted by molar-refractivity contribution is -0.143. The first-order valence-electron chi connectivity index (χ1n) is 13.1. The molecule has 10 nitrogen and oxygen atoms in total. The molecule has 3 aromatic rings. The van der Waals surface area contributed by atoms with Crippen LogP contribution in [-0.4, -0.2) is 80.6 Å². The average Bonchev–Trinajstić information content (AvgIpc) is 3.00. The molecule has 218 valence electrons. The molecule has 0 bridgehead atoms. The number of morpholine rings is 1. The van der Waals surface area contributed by atoms with Crippen molar-refractivity contribution in [3.63, 3.8) is 0 Å². The van der Waals surface area contributed by atoms with E-state index >= 15 is 0 Å². The quantitative estimate of drug-likeness (QED) is 0.327. The van der Waals surface area contributed by atoms with Gasteiger partial charge >= 0.3 is 0 Å². The third-order valence-corrected chi connectivity index (χ3v) is 8.63. The number of hydrogen-bond acceptors (Lipinski definition) is 7. The summed E-state index contributed by atoms with van der Waals surface area (Å²) < 4.78 is 38.2. The number of rotatable bonds is 12. The molecule has 4 rings (SSSR count). The molecule has 0 aromatic heterocycles. The number of amides is 2. The van der Waals surface area contributed by atoms with Gasteiger partial charge in [-0.25, -0.2) is 8.42 Å². The fraction of sp³-hybridized carbons (Fsp3) is 0.310. The highest BCUT2D eigenvalue weighted by Crippen LogP contribution is 2.26. The van der Waals surface area contributed by atoms with Gasteiger partial charge in [-0.2, -0.15) is 4.31 Å². The minimum absolute atomic E-state index is 0.0291. The van der Waals surface area contributed by atoms with Gasteiger partial charge in [0.2, 0.25) is 15.9 Å². The third kappa shape index (κ3) is 8.05. The number of carbonyl (C=O) groups excluding carboxylic acids is 2. The molecule has 1 atom stereocenters. The van der Waals surface area contributed by atoms with E-state index < -0.39 is 34.5 Å². The fourth-order valence-electron chi connectivity index (χ4n) is 4.37. The predicted molar refractivity (Wildman–Crippen MR) is 153 cm³/mol. The van der Waals surface area contributed by atoms with Crippen LogP contribution in [0.4, 0.5) is 0 Å². The maximum atomic E-state index is 13.6. The van der Waals surface area contributed by atoms with Crippen molar-refractivity contribution in [1.82, 2.24) is 14.5 Å². The topological polar surface area (TPSA) is 125 Å². The maximum absolute atomic E-state index is 13.6. The monoisotopic (exact) mass is 601 g/mol. The van der Waals surface area contributed by atoms with E-state index in [1.54, 1.807) is 48.5 Å². The molecule has 0 saturated carbocycles. The zero-order chi connectivity index (χ0) is 29.2. The van der Waals surface area contributed by atoms with Crippen molar-refractivity contribution >= 4 is 33.4 Å². The van der Waals surface area contributed by atoms with Crippen LogP contribution >= 0.6 is 11.6 Å². The first-order valence-corrected chi connectivity index (χ1v) is 14.9. The van der Waals surface area contributed by atoms with E-state index in [-0.39, 0.29) is 37.7 Å². The number of carbonyl (C=O) groups is 2. The highest BCUT2D eigenvalue weighted by atomic mass is 35.5. The largest absolute Gasteiger partial charge is 0.484 e. The van der Waals surface area contributed by atoms with Crippen molar-refractivity contribution < 1.29 is 32.6 Å². The van der Waals surface area contributed by atoms with Gasteiger partial charge in [0.25, 0.3) is 5.91 Å². The van der Waals surface area contributed by atoms with Gasteiger partial charge in [0, 0.05) is 31.2 Å². The molecule has 2 N–H and O–H groups in total. The van der Waals surface area contributed by atoms with E-state index in [2.05, 4.69) is 5.32 Å². The smallest absolute Gasteiger partial charge is 0.261 e. The van der Waals surface area contributed by atoms with Gasteiger partial charge in [0.1, 0.15) is 11.8 Å². The predicted octanol–water partition coefficient (Wildman–Crippen LogP) is 2.62. The van der Waals surface area contributed by atoms with Crippen LogP contribution in [0, 0.1) is 0 Å². The summed E-state index contributed by atoms with van der Waals surface area (Å²) in [5.41, 5.74) is 1.33. The van der Waals surface area contributed by atoms with Gasteiger partial charge < -0.3 is 24.8 Å². The Kier molecular flexibility index (Phi) is 10.7. The lowest BCUT2D eigenvalue weighted by atomic mass is 10.0. The molecule has 41 heavy (non-hydrogen) atoms. The van der Waals surface area contributed by atoms with Gasteiger partial charge in [-0.1, -0.05) is 54.1 Å². The minimum Gasteiger partial charge on any atom is -0.484 e. The van der Waals surface area contributed by atoms with E-state index in [0.29, 0.717) is 29.5 Å². The fourth-order valence-corrected chi connectivity index (χ4v) is 5.90. The summed E-state index contributed by atoms with van der Waals surface area (Å²) in [5, 5.41) is 12.5. The number of ether oxygens (including phenoxy) is 2. The zero-order valence-electron chi connectivity index (χ0n) is 22.3. The van der Waals surface area contributed by atoms with Crippen molar-refractivity contribution in [3.8, 4) is 5.75 Å². The number of aliphatic hydroxyl groups excluding tert-OH is 1. The number of halogens is 1. The molecule has 1 fully saturated rings. The van der Waals surface area contributed by atoms with Gasteiger partial charge in [-0.05, 0) is 47.5 Å². The van der Waals surface area contributed by atoms with Crippen molar-refractivity contribution in [2.45, 2.75) is 17.5 Å². The van der Waals surface area contributed by atoms with Gasteiger partial charge in [-0.3, -0.25) is 9.59 Å². The van der Waals surface area contributed by atoms with Crippen LogP contribution in [0.1, 0.15) is 17.2 Å². The lowest BCUT2D eigenvalue weighted by Crippen LogP contribution is -2.45. The number of nitrogens with zero attached hydrogens (tertiary/aromatic N) is 2. The molecule has 1 aliphatic rings. The SMILES string of the molecule is O=C(NCCO)[C@@H](c1ccccc1)N(Cc1ccc(Cl)cc1)C(=O)COc1ccc(S(=O)(=O)N2CCOCC2)cc1. The van der Waals surface area contributed by atoms with Crippen molar-refractivity contribution in [2.24, 2.45) is 0 Å². The number of nitrogens with one attached hydrogen (secondary N) is 1. The van der Waals surface area contributed by atoms with Crippen LogP contribution in [0.2, 0.25) is 5.02 Å². The molecule has 1 heterocycles. The molecule has 0 unspecified atom stereocenters. The van der Waals surface area contributed by atoms with Crippen molar-refractivity contribution in [2.75, 3.05) is 46.1 Å². The van der Waals surface area contributed by atoms with Gasteiger partial charge in [0.15, 0.2) is 6.61 Å². The van der Waals surface area contributed by atoms with Crippen LogP contribution < -0.4 is 10.1 Å². The number of benzene rings is 3. The summed E-state index contributed by atoms with van der Waals surface area (Å²) in [4.78, 5) is 28.4. The van der Waals surface area contributed by atoms with Crippen LogP contribution in [0.15, 0.2) is 83.8 Å². The summed E-state index contributed by atoms with van der Waals surface area (Å²) in [6, 6.07) is 20.6. The highest BCUT2D eigenvalue weighted by Gasteiger charge is 2.32. The molecule has 0 spiro atoms. The molecule has 0 radical (unpaired) electrons. The van der Waals surface area contributed by atoms with Crippen LogP contribution in [0.3, 0.4) is 0 Å². The summed E-state index contributed by atoms with van der Waals surface area (Å²) >= 11 is 6.04. The Labute approximate surface area is 244 Å². The summed E-state index contributed by atoms with van der Waals surface area (Å²) in [6.07, 6.45) is 0. The van der Waals surface area contributed by atoms with E-state index in [4.69, 9.17) is 21.1 Å². The molecule has 1 aliphatic heterocycles. The Morgan fingerprint density at radius 1 is 1.00 bits per heavy atom. The standard InChI is InChI=1S/C29H32ClN3O7S/c30-24-8-6-22(7-9-24)20-33(28(29(36)31-14-17-34)23-4-2-1-3-5-23)27(35)21-40-25-10-12-26(13-11-25)41(37,38)32-15-18-39-19-16-32/h1-13,28,34H,14-21H2,(H,31,36)/t28-/m1/s1. The second-order valence-corrected chi connectivity index (χ2v) is 11.6. The summed E-state index contributed by atoms with van der Waals surface area (Å²) in [6.45, 7) is 0.718. The molecule has 0 aliphatic carbocycles. The Bertz CT molecular complexity index is 1400. The Balaban J connectivity index is 1.54. The Morgan fingerprint density at radius 2 is 1.66 bits per heavy atom. The maximum Gasteiger partial charge on any atom is 0.261 e. The lowest BCUT2D eigenvalue weighted by Gasteiger charge is -2.31. The van der Waals surface area contributed by atoms with Crippen LogP contribution in [0.5, 0.6) is 5.75 Å². The first-order chi connectivity index (χ1) is 19.8. The van der Waals surface area contributed by atoms with Gasteiger partial charge in [0.05, 0.1) is 24.7 Å². The van der Waals surface area contributed by atoms with E-state index in [9.17, 15) is 23.1 Å². The molecular weight excluding hydrogens is 570 g/mol. The second kappa shape index (κ2) is 14.4. The van der Waals surface area contributed by atoms with Crippen molar-refractivity contribution in [3.05, 3.63) is 95.0 Å². The Hall–Kier alpha value is -3.48. The highest BCUT2D eigenvalue weighted by molar-refractivity contribution is 7.89. The minimum atomic E-state index is -3.67. The van der Waals surface area contributed by atoms with E-state index in [0.717, 1.165) is 5.56 Å². The zero-order valence-corrected chi connectivity index (χ0v) is 23.9. The molecule has 1 saturated heterocycles. The average molecular weight is 602 g/mol.